The third-order valence-electron chi connectivity index (χ3n) is 1.92. The number of thiophene rings is 1. The molecule has 1 heterocycles. The number of hydrogen-bond donors (Lipinski definition) is 2. The smallest absolute Gasteiger partial charge is 0.0213 e. The molecule has 3 N–H and O–H groups in total. The molecule has 13 heavy (non-hydrogen) atoms. The van der Waals surface area contributed by atoms with Gasteiger partial charge in [-0.05, 0) is 48.7 Å². The summed E-state index contributed by atoms with van der Waals surface area (Å²) < 4.78 is 0. The van der Waals surface area contributed by atoms with Crippen LogP contribution in [-0.4, -0.2) is 12.6 Å². The predicted molar refractivity (Wildman–Crippen MR) is 58.9 cm³/mol. The first-order valence-electron chi connectivity index (χ1n) is 4.76. The Morgan fingerprint density at radius 1 is 1.62 bits per heavy atom. The highest BCUT2D eigenvalue weighted by molar-refractivity contribution is 7.07. The van der Waals surface area contributed by atoms with E-state index in [1.165, 1.54) is 12.0 Å². The molecule has 1 atom stereocenters. The van der Waals surface area contributed by atoms with Crippen molar-refractivity contribution in [1.29, 1.82) is 0 Å². The molecule has 74 valence electrons. The number of nitrogens with one attached hydrogen (secondary N) is 1. The summed E-state index contributed by atoms with van der Waals surface area (Å²) in [6.07, 6.45) is 2.28. The maximum absolute atomic E-state index is 5.64. The van der Waals surface area contributed by atoms with Gasteiger partial charge in [-0.1, -0.05) is 0 Å². The summed E-state index contributed by atoms with van der Waals surface area (Å²) in [6.45, 7) is 4.11. The van der Waals surface area contributed by atoms with Gasteiger partial charge in [0.25, 0.3) is 0 Å². The number of rotatable bonds is 6. The van der Waals surface area contributed by atoms with Gasteiger partial charge in [-0.15, -0.1) is 0 Å². The Morgan fingerprint density at radius 2 is 2.46 bits per heavy atom. The minimum atomic E-state index is 0.336. The van der Waals surface area contributed by atoms with Gasteiger partial charge >= 0.3 is 0 Å². The summed E-state index contributed by atoms with van der Waals surface area (Å²) >= 11 is 1.75. The van der Waals surface area contributed by atoms with E-state index in [1.807, 2.05) is 0 Å². The first kappa shape index (κ1) is 10.7. The second-order valence-corrected chi connectivity index (χ2v) is 4.21. The molecule has 0 bridgehead atoms. The molecule has 0 radical (unpaired) electrons. The molecule has 0 aromatic carbocycles. The average Bonchev–Trinajstić information content (AvgIpc) is 2.55. The lowest BCUT2D eigenvalue weighted by Crippen LogP contribution is -2.19. The summed E-state index contributed by atoms with van der Waals surface area (Å²) in [4.78, 5) is 0. The molecule has 1 rings (SSSR count). The Bertz CT molecular complexity index is 207. The Morgan fingerprint density at radius 3 is 3.08 bits per heavy atom. The zero-order valence-electron chi connectivity index (χ0n) is 8.12. The van der Waals surface area contributed by atoms with Gasteiger partial charge in [-0.25, -0.2) is 0 Å². The summed E-state index contributed by atoms with van der Waals surface area (Å²) in [5.41, 5.74) is 7.02. The van der Waals surface area contributed by atoms with Crippen molar-refractivity contribution in [3.05, 3.63) is 22.4 Å². The van der Waals surface area contributed by atoms with Crippen LogP contribution in [0.25, 0.3) is 0 Å². The lowest BCUT2D eigenvalue weighted by molar-refractivity contribution is 0.575. The fraction of sp³-hybridized carbons (Fsp3) is 0.600. The second-order valence-electron chi connectivity index (χ2n) is 3.43. The summed E-state index contributed by atoms with van der Waals surface area (Å²) in [6, 6.07) is 2.49. The van der Waals surface area contributed by atoms with Gasteiger partial charge in [0.2, 0.25) is 0 Å². The number of hydrogen-bond acceptors (Lipinski definition) is 3. The van der Waals surface area contributed by atoms with Crippen molar-refractivity contribution in [2.75, 3.05) is 6.54 Å². The van der Waals surface area contributed by atoms with Crippen LogP contribution in [0.5, 0.6) is 0 Å². The molecule has 3 heteroatoms. The molecule has 0 aliphatic carbocycles. The predicted octanol–water partition coefficient (Wildman–Crippen LogP) is 1.97. The zero-order valence-corrected chi connectivity index (χ0v) is 8.94. The van der Waals surface area contributed by atoms with Crippen LogP contribution in [0.2, 0.25) is 0 Å². The highest BCUT2D eigenvalue weighted by Gasteiger charge is 1.94. The largest absolute Gasteiger partial charge is 0.328 e. The van der Waals surface area contributed by atoms with Crippen LogP contribution < -0.4 is 11.1 Å². The van der Waals surface area contributed by atoms with E-state index in [0.717, 1.165) is 19.5 Å². The SMILES string of the molecule is CC(N)CCCNCc1ccsc1. The molecule has 0 spiro atoms. The molecule has 2 nitrogen and oxygen atoms in total. The summed E-state index contributed by atoms with van der Waals surface area (Å²) in [7, 11) is 0. The van der Waals surface area contributed by atoms with E-state index in [1.54, 1.807) is 11.3 Å². The average molecular weight is 198 g/mol. The van der Waals surface area contributed by atoms with Crippen LogP contribution in [0.15, 0.2) is 16.8 Å². The zero-order chi connectivity index (χ0) is 9.52. The third-order valence-corrected chi connectivity index (χ3v) is 2.65. The van der Waals surface area contributed by atoms with Crippen LogP contribution in [-0.2, 0) is 6.54 Å². The van der Waals surface area contributed by atoms with Crippen molar-refractivity contribution in [3.8, 4) is 0 Å². The number of nitrogens with two attached hydrogens (primary N) is 1. The highest BCUT2D eigenvalue weighted by atomic mass is 32.1. The van der Waals surface area contributed by atoms with Gasteiger partial charge in [-0.2, -0.15) is 11.3 Å². The van der Waals surface area contributed by atoms with Gasteiger partial charge in [0.05, 0.1) is 0 Å². The Labute approximate surface area is 84.2 Å². The minimum absolute atomic E-state index is 0.336. The summed E-state index contributed by atoms with van der Waals surface area (Å²) in [5, 5.41) is 7.68. The molecule has 0 saturated carbocycles. The first-order valence-corrected chi connectivity index (χ1v) is 5.70. The molecule has 1 aromatic rings. The standard InChI is InChI=1S/C10H18N2S/c1-9(11)3-2-5-12-7-10-4-6-13-8-10/h4,6,8-9,12H,2-3,5,7,11H2,1H3. The monoisotopic (exact) mass is 198 g/mol. The Balaban J connectivity index is 1.96. The molecule has 1 unspecified atom stereocenters. The topological polar surface area (TPSA) is 38.0 Å². The Hall–Kier alpha value is -0.380. The first-order chi connectivity index (χ1) is 6.29. The van der Waals surface area contributed by atoms with Crippen LogP contribution in [0.3, 0.4) is 0 Å². The Kier molecular flexibility index (Phi) is 5.05. The third kappa shape index (κ3) is 5.03. The maximum atomic E-state index is 5.64. The van der Waals surface area contributed by atoms with Crippen molar-refractivity contribution >= 4 is 11.3 Å². The molecule has 0 amide bonds. The van der Waals surface area contributed by atoms with Crippen LogP contribution in [0.1, 0.15) is 25.3 Å². The van der Waals surface area contributed by atoms with Gasteiger partial charge in [-0.3, -0.25) is 0 Å². The highest BCUT2D eigenvalue weighted by Crippen LogP contribution is 2.04. The molecule has 0 aliphatic rings. The van der Waals surface area contributed by atoms with Gasteiger partial charge in [0, 0.05) is 12.6 Å². The van der Waals surface area contributed by atoms with Crippen LogP contribution in [0.4, 0.5) is 0 Å². The van der Waals surface area contributed by atoms with E-state index in [-0.39, 0.29) is 0 Å². The van der Waals surface area contributed by atoms with Gasteiger partial charge < -0.3 is 11.1 Å². The van der Waals surface area contributed by atoms with Crippen LogP contribution in [0, 0.1) is 0 Å². The van der Waals surface area contributed by atoms with E-state index in [2.05, 4.69) is 29.1 Å². The normalized spacial score (nSPS) is 13.1. The molecule has 0 saturated heterocycles. The lowest BCUT2D eigenvalue weighted by atomic mass is 10.2. The maximum Gasteiger partial charge on any atom is 0.0213 e. The van der Waals surface area contributed by atoms with E-state index in [9.17, 15) is 0 Å². The van der Waals surface area contributed by atoms with E-state index >= 15 is 0 Å². The van der Waals surface area contributed by atoms with Crippen molar-refractivity contribution < 1.29 is 0 Å². The van der Waals surface area contributed by atoms with E-state index in [4.69, 9.17) is 5.73 Å². The van der Waals surface area contributed by atoms with Crippen molar-refractivity contribution in [2.45, 2.75) is 32.4 Å². The molecular weight excluding hydrogens is 180 g/mol. The molecule has 0 aliphatic heterocycles. The van der Waals surface area contributed by atoms with E-state index in [0.29, 0.717) is 6.04 Å². The fourth-order valence-corrected chi connectivity index (χ4v) is 1.84. The van der Waals surface area contributed by atoms with Crippen molar-refractivity contribution in [1.82, 2.24) is 5.32 Å². The quantitative estimate of drug-likeness (QED) is 0.686. The molecule has 0 fully saturated rings. The summed E-state index contributed by atoms with van der Waals surface area (Å²) in [5.74, 6) is 0. The minimum Gasteiger partial charge on any atom is -0.328 e. The molecule has 1 aromatic heterocycles. The molecular formula is C10H18N2S. The van der Waals surface area contributed by atoms with E-state index < -0.39 is 0 Å². The van der Waals surface area contributed by atoms with Crippen molar-refractivity contribution in [2.24, 2.45) is 5.73 Å². The van der Waals surface area contributed by atoms with Crippen LogP contribution >= 0.6 is 11.3 Å². The van der Waals surface area contributed by atoms with Crippen molar-refractivity contribution in [3.63, 3.8) is 0 Å². The van der Waals surface area contributed by atoms with Gasteiger partial charge in [0.1, 0.15) is 0 Å². The lowest BCUT2D eigenvalue weighted by Gasteiger charge is -2.05. The second kappa shape index (κ2) is 6.13. The van der Waals surface area contributed by atoms with Gasteiger partial charge in [0.15, 0.2) is 0 Å². The fourth-order valence-electron chi connectivity index (χ4n) is 1.17.